The summed E-state index contributed by atoms with van der Waals surface area (Å²) in [5.41, 5.74) is 1.36. The Kier molecular flexibility index (Phi) is 2.45. The number of rotatable bonds is 1. The minimum atomic E-state index is 0.736. The predicted octanol–water partition coefficient (Wildman–Crippen LogP) is 2.25. The van der Waals surface area contributed by atoms with Gasteiger partial charge in [-0.1, -0.05) is 15.9 Å². The van der Waals surface area contributed by atoms with Crippen molar-refractivity contribution < 1.29 is 0 Å². The summed E-state index contributed by atoms with van der Waals surface area (Å²) in [5, 5.41) is 3.48. The Morgan fingerprint density at radius 2 is 2.07 bits per heavy atom. The number of nitrogens with one attached hydrogen (secondary N) is 1. The second-order valence-electron chi connectivity index (χ2n) is 4.45. The van der Waals surface area contributed by atoms with Crippen molar-refractivity contribution in [2.24, 2.45) is 5.92 Å². The van der Waals surface area contributed by atoms with Crippen LogP contribution in [0.3, 0.4) is 0 Å². The van der Waals surface area contributed by atoms with Crippen LogP contribution in [-0.2, 0) is 0 Å². The highest BCUT2D eigenvalue weighted by atomic mass is 79.9. The van der Waals surface area contributed by atoms with Gasteiger partial charge in [-0.15, -0.1) is 0 Å². The molecule has 2 heterocycles. The zero-order valence-electron chi connectivity index (χ0n) is 8.62. The first-order chi connectivity index (χ1) is 7.34. The lowest BCUT2D eigenvalue weighted by molar-refractivity contribution is 0.229. The van der Waals surface area contributed by atoms with Crippen LogP contribution in [0.4, 0.5) is 5.69 Å². The van der Waals surface area contributed by atoms with Crippen LogP contribution < -0.4 is 10.2 Å². The molecular weight excluding hydrogens is 252 g/mol. The van der Waals surface area contributed by atoms with Gasteiger partial charge in [0.15, 0.2) is 0 Å². The van der Waals surface area contributed by atoms with Crippen molar-refractivity contribution in [1.82, 2.24) is 5.32 Å². The summed E-state index contributed by atoms with van der Waals surface area (Å²) in [5.74, 6) is 0.926. The molecule has 2 atom stereocenters. The van der Waals surface area contributed by atoms with E-state index in [4.69, 9.17) is 0 Å². The molecule has 2 fully saturated rings. The van der Waals surface area contributed by atoms with Gasteiger partial charge in [0.25, 0.3) is 0 Å². The third kappa shape index (κ3) is 1.68. The van der Waals surface area contributed by atoms with Crippen molar-refractivity contribution >= 4 is 21.6 Å². The van der Waals surface area contributed by atoms with E-state index in [0.29, 0.717) is 0 Å². The molecule has 2 nitrogen and oxygen atoms in total. The van der Waals surface area contributed by atoms with Crippen LogP contribution in [0.1, 0.15) is 6.42 Å². The maximum atomic E-state index is 3.48. The zero-order chi connectivity index (χ0) is 10.3. The van der Waals surface area contributed by atoms with E-state index in [1.165, 1.54) is 25.2 Å². The van der Waals surface area contributed by atoms with Gasteiger partial charge >= 0.3 is 0 Å². The normalized spacial score (nSPS) is 29.5. The third-order valence-electron chi connectivity index (χ3n) is 3.58. The van der Waals surface area contributed by atoms with E-state index in [1.807, 2.05) is 0 Å². The molecule has 0 aliphatic carbocycles. The van der Waals surface area contributed by atoms with E-state index in [2.05, 4.69) is 50.4 Å². The number of halogens is 1. The minimum Gasteiger partial charge on any atom is -0.367 e. The first-order valence-electron chi connectivity index (χ1n) is 5.57. The van der Waals surface area contributed by atoms with Gasteiger partial charge < -0.3 is 10.2 Å². The van der Waals surface area contributed by atoms with Gasteiger partial charge in [-0.2, -0.15) is 0 Å². The fourth-order valence-corrected chi connectivity index (χ4v) is 2.92. The summed E-state index contributed by atoms with van der Waals surface area (Å²) >= 11 is 3.47. The second-order valence-corrected chi connectivity index (χ2v) is 5.36. The number of hydrogen-bond donors (Lipinski definition) is 1. The molecule has 1 aromatic carbocycles. The van der Waals surface area contributed by atoms with Crippen molar-refractivity contribution in [1.29, 1.82) is 0 Å². The molecule has 2 aliphatic rings. The molecule has 2 aliphatic heterocycles. The lowest BCUT2D eigenvalue weighted by Crippen LogP contribution is -2.63. The SMILES string of the molecule is Brc1ccc(N2C[C@H]3CCNC[C@@H]32)cc1. The topological polar surface area (TPSA) is 15.3 Å². The molecule has 1 N–H and O–H groups in total. The largest absolute Gasteiger partial charge is 0.367 e. The highest BCUT2D eigenvalue weighted by molar-refractivity contribution is 9.10. The quantitative estimate of drug-likeness (QED) is 0.839. The maximum absolute atomic E-state index is 3.48. The summed E-state index contributed by atoms with van der Waals surface area (Å²) in [4.78, 5) is 2.52. The van der Waals surface area contributed by atoms with Gasteiger partial charge in [0, 0.05) is 29.3 Å². The molecule has 0 unspecified atom stereocenters. The highest BCUT2D eigenvalue weighted by Gasteiger charge is 2.39. The fraction of sp³-hybridized carbons (Fsp3) is 0.500. The molecule has 1 aromatic rings. The molecule has 0 aromatic heterocycles. The Hall–Kier alpha value is -0.540. The molecule has 0 spiro atoms. The minimum absolute atomic E-state index is 0.736. The Morgan fingerprint density at radius 3 is 2.80 bits per heavy atom. The molecular formula is C12H15BrN2. The molecule has 0 bridgehead atoms. The first-order valence-corrected chi connectivity index (χ1v) is 6.37. The van der Waals surface area contributed by atoms with Crippen LogP contribution in [-0.4, -0.2) is 25.7 Å². The smallest absolute Gasteiger partial charge is 0.0460 e. The molecule has 0 radical (unpaired) electrons. The maximum Gasteiger partial charge on any atom is 0.0460 e. The van der Waals surface area contributed by atoms with Crippen molar-refractivity contribution in [3.8, 4) is 0 Å². The zero-order valence-corrected chi connectivity index (χ0v) is 10.2. The Morgan fingerprint density at radius 1 is 1.27 bits per heavy atom. The highest BCUT2D eigenvalue weighted by Crippen LogP contribution is 2.34. The van der Waals surface area contributed by atoms with Gasteiger partial charge in [-0.3, -0.25) is 0 Å². The predicted molar refractivity (Wildman–Crippen MR) is 66.3 cm³/mol. The number of benzene rings is 1. The molecule has 2 saturated heterocycles. The van der Waals surface area contributed by atoms with Crippen LogP contribution in [0.15, 0.2) is 28.7 Å². The standard InChI is InChI=1S/C12H15BrN2/c13-10-1-3-11(4-2-10)15-8-9-5-6-14-7-12(9)15/h1-4,9,12,14H,5-8H2/t9-,12+/m1/s1. The molecule has 3 rings (SSSR count). The number of hydrogen-bond acceptors (Lipinski definition) is 2. The van der Waals surface area contributed by atoms with Crippen molar-refractivity contribution in [2.75, 3.05) is 24.5 Å². The van der Waals surface area contributed by atoms with Gasteiger partial charge in [-0.25, -0.2) is 0 Å². The lowest BCUT2D eigenvalue weighted by Gasteiger charge is -2.52. The van der Waals surface area contributed by atoms with E-state index >= 15 is 0 Å². The van der Waals surface area contributed by atoms with Crippen LogP contribution in [0.25, 0.3) is 0 Å². The van der Waals surface area contributed by atoms with E-state index < -0.39 is 0 Å². The number of fused-ring (bicyclic) bond motifs is 1. The van der Waals surface area contributed by atoms with Gasteiger partial charge in [0.05, 0.1) is 0 Å². The summed E-state index contributed by atoms with van der Waals surface area (Å²) in [6.07, 6.45) is 1.34. The van der Waals surface area contributed by atoms with Gasteiger partial charge in [-0.05, 0) is 43.1 Å². The van der Waals surface area contributed by atoms with Crippen LogP contribution in [0, 0.1) is 5.92 Å². The van der Waals surface area contributed by atoms with E-state index in [0.717, 1.165) is 23.0 Å². The van der Waals surface area contributed by atoms with Crippen molar-refractivity contribution in [3.63, 3.8) is 0 Å². The second kappa shape index (κ2) is 3.80. The molecule has 3 heteroatoms. The third-order valence-corrected chi connectivity index (χ3v) is 4.11. The van der Waals surface area contributed by atoms with Crippen LogP contribution in [0.2, 0.25) is 0 Å². The molecule has 0 amide bonds. The van der Waals surface area contributed by atoms with Gasteiger partial charge in [0.2, 0.25) is 0 Å². The summed E-state index contributed by atoms with van der Waals surface area (Å²) in [6, 6.07) is 9.39. The molecule has 15 heavy (non-hydrogen) atoms. The van der Waals surface area contributed by atoms with Gasteiger partial charge in [0.1, 0.15) is 0 Å². The summed E-state index contributed by atoms with van der Waals surface area (Å²) < 4.78 is 1.16. The van der Waals surface area contributed by atoms with Crippen LogP contribution >= 0.6 is 15.9 Å². The monoisotopic (exact) mass is 266 g/mol. The van der Waals surface area contributed by atoms with Crippen molar-refractivity contribution in [2.45, 2.75) is 12.5 Å². The number of nitrogens with zero attached hydrogens (tertiary/aromatic N) is 1. The Bertz CT molecular complexity index is 349. The lowest BCUT2D eigenvalue weighted by atomic mass is 9.83. The van der Waals surface area contributed by atoms with E-state index in [9.17, 15) is 0 Å². The fourth-order valence-electron chi connectivity index (χ4n) is 2.65. The number of anilines is 1. The summed E-state index contributed by atoms with van der Waals surface area (Å²) in [7, 11) is 0. The van der Waals surface area contributed by atoms with E-state index in [1.54, 1.807) is 0 Å². The first kappa shape index (κ1) is 9.67. The van der Waals surface area contributed by atoms with Crippen LogP contribution in [0.5, 0.6) is 0 Å². The average molecular weight is 267 g/mol. The number of piperidine rings is 1. The average Bonchev–Trinajstić information content (AvgIpc) is 2.23. The van der Waals surface area contributed by atoms with E-state index in [-0.39, 0.29) is 0 Å². The molecule has 0 saturated carbocycles. The summed E-state index contributed by atoms with van der Waals surface area (Å²) in [6.45, 7) is 3.60. The van der Waals surface area contributed by atoms with Crippen molar-refractivity contribution in [3.05, 3.63) is 28.7 Å². The molecule has 80 valence electrons. The Labute approximate surface area is 98.8 Å². The Balaban J connectivity index is 1.76.